The zero-order chi connectivity index (χ0) is 14.4. The van der Waals surface area contributed by atoms with Crippen molar-refractivity contribution in [1.82, 2.24) is 15.8 Å². The number of carbonyl (C=O) groups is 2. The van der Waals surface area contributed by atoms with Crippen LogP contribution in [0.1, 0.15) is 10.4 Å². The Balaban J connectivity index is 0.00000220. The fourth-order valence-corrected chi connectivity index (χ4v) is 1.56. The van der Waals surface area contributed by atoms with Crippen LogP contribution in [0.2, 0.25) is 0 Å². The SMILES string of the molecule is COC1=CC=C/C(=C/NNC(=O)c2ccncc2)C1=O.O.[Cu]. The van der Waals surface area contributed by atoms with Gasteiger partial charge in [0.25, 0.3) is 5.91 Å². The van der Waals surface area contributed by atoms with Gasteiger partial charge in [0, 0.05) is 46.8 Å². The molecule has 1 amide bonds. The van der Waals surface area contributed by atoms with E-state index in [2.05, 4.69) is 15.8 Å². The second-order valence-corrected chi connectivity index (χ2v) is 3.86. The van der Waals surface area contributed by atoms with Crippen molar-refractivity contribution in [2.75, 3.05) is 7.11 Å². The zero-order valence-electron chi connectivity index (χ0n) is 11.6. The summed E-state index contributed by atoms with van der Waals surface area (Å²) in [7, 11) is 1.43. The number of methoxy groups -OCH3 is 1. The van der Waals surface area contributed by atoms with Crippen molar-refractivity contribution < 1.29 is 36.9 Å². The van der Waals surface area contributed by atoms with Gasteiger partial charge in [-0.05, 0) is 24.3 Å². The smallest absolute Gasteiger partial charge is 0.269 e. The van der Waals surface area contributed by atoms with E-state index >= 15 is 0 Å². The number of hydrazine groups is 1. The minimum absolute atomic E-state index is 0. The summed E-state index contributed by atoms with van der Waals surface area (Å²) in [6.45, 7) is 0. The summed E-state index contributed by atoms with van der Waals surface area (Å²) in [5.41, 5.74) is 5.91. The van der Waals surface area contributed by atoms with Gasteiger partial charge in [0.05, 0.1) is 7.11 Å². The Labute approximate surface area is 137 Å². The molecule has 1 heterocycles. The summed E-state index contributed by atoms with van der Waals surface area (Å²) >= 11 is 0. The van der Waals surface area contributed by atoms with Crippen LogP contribution in [0, 0.1) is 0 Å². The minimum Gasteiger partial charge on any atom is -0.493 e. The number of ketones is 1. The molecule has 0 fully saturated rings. The number of Topliss-reactive ketones (excluding diaryl/α,β-unsaturated/α-hetero) is 1. The molecule has 1 aliphatic rings. The summed E-state index contributed by atoms with van der Waals surface area (Å²) in [6, 6.07) is 3.17. The molecule has 0 atom stereocenters. The standard InChI is InChI=1S/C14H13N3O3.Cu.H2O/c1-20-12-4-2-3-11(13(12)18)9-16-17-14(19)10-5-7-15-8-6-10;;/h2-9,16H,1H3,(H,17,19);;1H2/b11-9-;;. The van der Waals surface area contributed by atoms with Crippen molar-refractivity contribution in [2.24, 2.45) is 0 Å². The molecular weight excluding hydrogens is 338 g/mol. The maximum atomic E-state index is 11.8. The molecule has 7 nitrogen and oxygen atoms in total. The van der Waals surface area contributed by atoms with Crippen molar-refractivity contribution in [3.8, 4) is 0 Å². The van der Waals surface area contributed by atoms with Crippen LogP contribution < -0.4 is 10.9 Å². The topological polar surface area (TPSA) is 112 Å². The molecule has 0 aliphatic heterocycles. The van der Waals surface area contributed by atoms with Gasteiger partial charge in [0.15, 0.2) is 5.76 Å². The Hall–Kier alpha value is -2.41. The van der Waals surface area contributed by atoms with E-state index in [1.54, 1.807) is 30.4 Å². The van der Waals surface area contributed by atoms with E-state index in [4.69, 9.17) is 4.74 Å². The Morgan fingerprint density at radius 2 is 2.00 bits per heavy atom. The van der Waals surface area contributed by atoms with Crippen LogP contribution >= 0.6 is 0 Å². The van der Waals surface area contributed by atoms with Gasteiger partial charge in [-0.1, -0.05) is 6.08 Å². The third-order valence-corrected chi connectivity index (χ3v) is 2.59. The van der Waals surface area contributed by atoms with Crippen LogP contribution in [0.4, 0.5) is 0 Å². The number of allylic oxidation sites excluding steroid dienone is 4. The van der Waals surface area contributed by atoms with E-state index in [9.17, 15) is 9.59 Å². The van der Waals surface area contributed by atoms with E-state index in [1.165, 1.54) is 25.7 Å². The van der Waals surface area contributed by atoms with Crippen molar-refractivity contribution >= 4 is 11.7 Å². The number of aromatic nitrogens is 1. The first-order valence-electron chi connectivity index (χ1n) is 5.85. The summed E-state index contributed by atoms with van der Waals surface area (Å²) in [5, 5.41) is 0. The van der Waals surface area contributed by atoms with Crippen LogP contribution in [0.5, 0.6) is 0 Å². The van der Waals surface area contributed by atoms with Gasteiger partial charge in [-0.2, -0.15) is 0 Å². The quantitative estimate of drug-likeness (QED) is 0.451. The molecule has 0 spiro atoms. The molecule has 0 unspecified atom stereocenters. The molecule has 0 saturated carbocycles. The number of pyridine rings is 1. The molecule has 1 aromatic rings. The number of nitrogens with one attached hydrogen (secondary N) is 2. The molecule has 0 bridgehead atoms. The number of rotatable bonds is 4. The maximum absolute atomic E-state index is 11.8. The second-order valence-electron chi connectivity index (χ2n) is 3.86. The second kappa shape index (κ2) is 9.51. The van der Waals surface area contributed by atoms with Gasteiger partial charge in [-0.25, -0.2) is 0 Å². The molecule has 2 rings (SSSR count). The summed E-state index contributed by atoms with van der Waals surface area (Å²) < 4.78 is 4.93. The molecule has 0 aromatic carbocycles. The maximum Gasteiger partial charge on any atom is 0.269 e. The number of ether oxygens (including phenoxy) is 1. The monoisotopic (exact) mass is 352 g/mol. The van der Waals surface area contributed by atoms with E-state index in [1.807, 2.05) is 0 Å². The molecule has 22 heavy (non-hydrogen) atoms. The first kappa shape index (κ1) is 19.6. The van der Waals surface area contributed by atoms with Crippen molar-refractivity contribution in [3.05, 3.63) is 65.9 Å². The fourth-order valence-electron chi connectivity index (χ4n) is 1.56. The van der Waals surface area contributed by atoms with Crippen LogP contribution in [-0.2, 0) is 26.6 Å². The molecule has 1 aromatic heterocycles. The van der Waals surface area contributed by atoms with Crippen molar-refractivity contribution in [3.63, 3.8) is 0 Å². The molecule has 0 saturated heterocycles. The Bertz CT molecular complexity index is 612. The predicted molar refractivity (Wildman–Crippen MR) is 75.8 cm³/mol. The van der Waals surface area contributed by atoms with E-state index in [0.717, 1.165) is 0 Å². The number of amides is 1. The van der Waals surface area contributed by atoms with Gasteiger partial charge in [0.1, 0.15) is 0 Å². The number of nitrogens with zero attached hydrogens (tertiary/aromatic N) is 1. The van der Waals surface area contributed by atoms with E-state index in [-0.39, 0.29) is 40.0 Å². The molecule has 1 aliphatic carbocycles. The van der Waals surface area contributed by atoms with Crippen molar-refractivity contribution in [1.29, 1.82) is 0 Å². The van der Waals surface area contributed by atoms with Gasteiger partial charge in [-0.15, -0.1) is 0 Å². The molecule has 121 valence electrons. The van der Waals surface area contributed by atoms with Gasteiger partial charge in [-0.3, -0.25) is 20.0 Å². The Kier molecular flexibility index (Phi) is 8.47. The van der Waals surface area contributed by atoms with Gasteiger partial charge >= 0.3 is 0 Å². The normalized spacial score (nSPS) is 14.3. The Morgan fingerprint density at radius 3 is 2.64 bits per heavy atom. The number of hydrogen-bond donors (Lipinski definition) is 2. The van der Waals surface area contributed by atoms with Gasteiger partial charge in [0.2, 0.25) is 5.78 Å². The van der Waals surface area contributed by atoms with E-state index in [0.29, 0.717) is 11.1 Å². The summed E-state index contributed by atoms with van der Waals surface area (Å²) in [5.74, 6) is -0.319. The summed E-state index contributed by atoms with van der Waals surface area (Å²) in [6.07, 6.45) is 9.35. The minimum atomic E-state index is -0.320. The number of hydrogen-bond acceptors (Lipinski definition) is 5. The third kappa shape index (κ3) is 4.85. The average molecular weight is 353 g/mol. The van der Waals surface area contributed by atoms with Crippen LogP contribution in [0.3, 0.4) is 0 Å². The summed E-state index contributed by atoms with van der Waals surface area (Å²) in [4.78, 5) is 27.4. The first-order chi connectivity index (χ1) is 9.72. The first-order valence-corrected chi connectivity index (χ1v) is 5.85. The predicted octanol–water partition coefficient (Wildman–Crippen LogP) is 0.0419. The molecule has 8 heteroatoms. The van der Waals surface area contributed by atoms with Crippen LogP contribution in [0.25, 0.3) is 0 Å². The third-order valence-electron chi connectivity index (χ3n) is 2.59. The number of carbonyl (C=O) groups excluding carboxylic acids is 2. The largest absolute Gasteiger partial charge is 0.493 e. The zero-order valence-corrected chi connectivity index (χ0v) is 12.5. The fraction of sp³-hybridized carbons (Fsp3) is 0.0714. The molecule has 4 N–H and O–H groups in total. The van der Waals surface area contributed by atoms with Gasteiger partial charge < -0.3 is 15.6 Å². The average Bonchev–Trinajstić information content (AvgIpc) is 2.49. The molecule has 1 radical (unpaired) electrons. The van der Waals surface area contributed by atoms with Crippen molar-refractivity contribution in [2.45, 2.75) is 0 Å². The van der Waals surface area contributed by atoms with Crippen LogP contribution in [0.15, 0.2) is 60.3 Å². The Morgan fingerprint density at radius 1 is 1.32 bits per heavy atom. The van der Waals surface area contributed by atoms with Crippen LogP contribution in [-0.4, -0.2) is 29.3 Å². The molecular formula is C14H15CuN3O4. The van der Waals surface area contributed by atoms with E-state index < -0.39 is 0 Å².